The minimum Gasteiger partial charge on any atom is -0.325 e. The maximum Gasteiger partial charge on any atom is 0.228 e. The molecule has 1 heterocycles. The standard InChI is InChI=1S/C16H12BrClFNO/c1-8-2-3-10(19)6-11(8)16(17)12-4-9-5-15(21)20-14(9)7-13(12)18/h2-4,6-7,16H,5H2,1H3,(H,20,21). The van der Waals surface area contributed by atoms with Crippen LogP contribution in [0.3, 0.4) is 0 Å². The summed E-state index contributed by atoms with van der Waals surface area (Å²) in [5, 5.41) is 3.31. The van der Waals surface area contributed by atoms with Crippen LogP contribution in [0.1, 0.15) is 27.1 Å². The van der Waals surface area contributed by atoms with Crippen molar-refractivity contribution in [2.24, 2.45) is 0 Å². The van der Waals surface area contributed by atoms with Gasteiger partial charge in [0.25, 0.3) is 0 Å². The van der Waals surface area contributed by atoms with Crippen molar-refractivity contribution in [3.05, 3.63) is 63.4 Å². The van der Waals surface area contributed by atoms with E-state index in [1.807, 2.05) is 13.0 Å². The molecular formula is C16H12BrClFNO. The molecule has 2 aromatic carbocycles. The van der Waals surface area contributed by atoms with Crippen molar-refractivity contribution >= 4 is 39.1 Å². The Morgan fingerprint density at radius 1 is 1.29 bits per heavy atom. The Morgan fingerprint density at radius 2 is 2.05 bits per heavy atom. The van der Waals surface area contributed by atoms with E-state index in [4.69, 9.17) is 11.6 Å². The van der Waals surface area contributed by atoms with Gasteiger partial charge >= 0.3 is 0 Å². The van der Waals surface area contributed by atoms with E-state index in [0.717, 1.165) is 27.9 Å². The summed E-state index contributed by atoms with van der Waals surface area (Å²) in [4.78, 5) is 11.2. The number of halogens is 3. The lowest BCUT2D eigenvalue weighted by Gasteiger charge is -2.16. The first kappa shape index (κ1) is 14.5. The van der Waals surface area contributed by atoms with Crippen LogP contribution < -0.4 is 5.32 Å². The fourth-order valence-electron chi connectivity index (χ4n) is 2.51. The number of rotatable bonds is 2. The summed E-state index contributed by atoms with van der Waals surface area (Å²) in [6.07, 6.45) is 0.349. The van der Waals surface area contributed by atoms with Crippen molar-refractivity contribution in [1.29, 1.82) is 0 Å². The monoisotopic (exact) mass is 367 g/mol. The predicted octanol–water partition coefficient (Wildman–Crippen LogP) is 4.77. The highest BCUT2D eigenvalue weighted by molar-refractivity contribution is 9.09. The van der Waals surface area contributed by atoms with E-state index in [1.165, 1.54) is 12.1 Å². The Kier molecular flexibility index (Phi) is 3.76. The van der Waals surface area contributed by atoms with Gasteiger partial charge in [-0.25, -0.2) is 4.39 Å². The average molecular weight is 369 g/mol. The van der Waals surface area contributed by atoms with Crippen molar-refractivity contribution in [3.8, 4) is 0 Å². The number of hydrogen-bond acceptors (Lipinski definition) is 1. The molecule has 1 aliphatic rings. The Balaban J connectivity index is 2.06. The Hall–Kier alpha value is -1.39. The summed E-state index contributed by atoms with van der Waals surface area (Å²) in [6, 6.07) is 8.33. The molecule has 108 valence electrons. The Labute approximate surface area is 135 Å². The van der Waals surface area contributed by atoms with E-state index in [1.54, 1.807) is 12.1 Å². The van der Waals surface area contributed by atoms with Crippen LogP contribution in [0.4, 0.5) is 10.1 Å². The van der Waals surface area contributed by atoms with Crippen molar-refractivity contribution in [1.82, 2.24) is 0 Å². The van der Waals surface area contributed by atoms with Crippen LogP contribution in [-0.2, 0) is 11.2 Å². The Morgan fingerprint density at radius 3 is 2.81 bits per heavy atom. The summed E-state index contributed by atoms with van der Waals surface area (Å²) in [6.45, 7) is 1.93. The Bertz CT molecular complexity index is 747. The van der Waals surface area contributed by atoms with Crippen LogP contribution in [0, 0.1) is 12.7 Å². The highest BCUT2D eigenvalue weighted by Crippen LogP contribution is 2.40. The van der Waals surface area contributed by atoms with Gasteiger partial charge in [0, 0.05) is 10.7 Å². The molecule has 1 unspecified atom stereocenters. The summed E-state index contributed by atoms with van der Waals surface area (Å²) in [7, 11) is 0. The second-order valence-electron chi connectivity index (χ2n) is 5.12. The molecule has 1 amide bonds. The molecule has 0 saturated carbocycles. The number of amides is 1. The molecule has 0 aromatic heterocycles. The van der Waals surface area contributed by atoms with Crippen molar-refractivity contribution in [2.75, 3.05) is 5.32 Å². The zero-order valence-electron chi connectivity index (χ0n) is 11.2. The quantitative estimate of drug-likeness (QED) is 0.760. The number of fused-ring (bicyclic) bond motifs is 1. The van der Waals surface area contributed by atoms with E-state index in [2.05, 4.69) is 21.2 Å². The summed E-state index contributed by atoms with van der Waals surface area (Å²) >= 11 is 9.91. The molecule has 1 N–H and O–H groups in total. The van der Waals surface area contributed by atoms with Gasteiger partial charge in [0.1, 0.15) is 5.82 Å². The molecule has 0 radical (unpaired) electrons. The van der Waals surface area contributed by atoms with Gasteiger partial charge in [-0.05, 0) is 47.4 Å². The summed E-state index contributed by atoms with van der Waals surface area (Å²) < 4.78 is 13.5. The number of carbonyl (C=O) groups excluding carboxylic acids is 1. The third-order valence-corrected chi connectivity index (χ3v) is 4.95. The molecule has 2 nitrogen and oxygen atoms in total. The number of alkyl halides is 1. The van der Waals surface area contributed by atoms with E-state index >= 15 is 0 Å². The number of carbonyl (C=O) groups is 1. The second-order valence-corrected chi connectivity index (χ2v) is 6.44. The van der Waals surface area contributed by atoms with Gasteiger partial charge in [0.2, 0.25) is 5.91 Å². The maximum absolute atomic E-state index is 13.5. The zero-order chi connectivity index (χ0) is 15.1. The van der Waals surface area contributed by atoms with E-state index in [-0.39, 0.29) is 16.6 Å². The summed E-state index contributed by atoms with van der Waals surface area (Å²) in [5.74, 6) is -0.319. The molecular weight excluding hydrogens is 357 g/mol. The number of aryl methyl sites for hydroxylation is 1. The van der Waals surface area contributed by atoms with E-state index in [9.17, 15) is 9.18 Å². The topological polar surface area (TPSA) is 29.1 Å². The lowest BCUT2D eigenvalue weighted by Crippen LogP contribution is -2.03. The second kappa shape index (κ2) is 5.43. The average Bonchev–Trinajstić information content (AvgIpc) is 2.79. The molecule has 3 rings (SSSR count). The number of anilines is 1. The van der Waals surface area contributed by atoms with Gasteiger partial charge in [-0.1, -0.05) is 39.7 Å². The number of hydrogen-bond donors (Lipinski definition) is 1. The van der Waals surface area contributed by atoms with Crippen molar-refractivity contribution in [2.45, 2.75) is 18.2 Å². The number of nitrogens with one attached hydrogen (secondary N) is 1. The number of benzene rings is 2. The highest BCUT2D eigenvalue weighted by atomic mass is 79.9. The molecule has 0 aliphatic carbocycles. The SMILES string of the molecule is Cc1ccc(F)cc1C(Br)c1cc2c(cc1Cl)NC(=O)C2. The highest BCUT2D eigenvalue weighted by Gasteiger charge is 2.23. The molecule has 1 aliphatic heterocycles. The molecule has 2 aromatic rings. The van der Waals surface area contributed by atoms with E-state index in [0.29, 0.717) is 11.4 Å². The van der Waals surface area contributed by atoms with Gasteiger partial charge in [0.15, 0.2) is 0 Å². The molecule has 21 heavy (non-hydrogen) atoms. The van der Waals surface area contributed by atoms with Crippen LogP contribution in [-0.4, -0.2) is 5.91 Å². The van der Waals surface area contributed by atoms with Gasteiger partial charge in [-0.2, -0.15) is 0 Å². The molecule has 0 saturated heterocycles. The van der Waals surface area contributed by atoms with Gasteiger partial charge in [-0.3, -0.25) is 4.79 Å². The molecule has 5 heteroatoms. The van der Waals surface area contributed by atoms with Crippen LogP contribution in [0.15, 0.2) is 30.3 Å². The van der Waals surface area contributed by atoms with Crippen LogP contribution >= 0.6 is 27.5 Å². The molecule has 0 bridgehead atoms. The van der Waals surface area contributed by atoms with Crippen LogP contribution in [0.25, 0.3) is 0 Å². The third kappa shape index (κ3) is 2.70. The van der Waals surface area contributed by atoms with Gasteiger partial charge in [-0.15, -0.1) is 0 Å². The van der Waals surface area contributed by atoms with Gasteiger partial charge < -0.3 is 5.32 Å². The van der Waals surface area contributed by atoms with Crippen molar-refractivity contribution in [3.63, 3.8) is 0 Å². The normalized spacial score (nSPS) is 14.8. The first-order valence-corrected chi connectivity index (χ1v) is 7.77. The maximum atomic E-state index is 13.5. The van der Waals surface area contributed by atoms with Gasteiger partial charge in [0.05, 0.1) is 11.2 Å². The first-order valence-electron chi connectivity index (χ1n) is 6.48. The third-order valence-electron chi connectivity index (χ3n) is 3.64. The fourth-order valence-corrected chi connectivity index (χ4v) is 3.79. The zero-order valence-corrected chi connectivity index (χ0v) is 13.6. The van der Waals surface area contributed by atoms with Crippen molar-refractivity contribution < 1.29 is 9.18 Å². The largest absolute Gasteiger partial charge is 0.325 e. The van der Waals surface area contributed by atoms with E-state index < -0.39 is 0 Å². The molecule has 1 atom stereocenters. The summed E-state index contributed by atoms with van der Waals surface area (Å²) in [5.41, 5.74) is 4.31. The minimum absolute atomic E-state index is 0.0359. The molecule has 0 spiro atoms. The predicted molar refractivity (Wildman–Crippen MR) is 85.7 cm³/mol. The molecule has 0 fully saturated rings. The fraction of sp³-hybridized carbons (Fsp3) is 0.188. The smallest absolute Gasteiger partial charge is 0.228 e. The lowest BCUT2D eigenvalue weighted by atomic mass is 9.98. The first-order chi connectivity index (χ1) is 9.95. The minimum atomic E-state index is -0.283. The van der Waals surface area contributed by atoms with Crippen LogP contribution in [0.5, 0.6) is 0 Å². The van der Waals surface area contributed by atoms with Crippen LogP contribution in [0.2, 0.25) is 5.02 Å². The lowest BCUT2D eigenvalue weighted by molar-refractivity contribution is -0.115.